The maximum absolute atomic E-state index is 12.3. The van der Waals surface area contributed by atoms with Gasteiger partial charge in [0.15, 0.2) is 0 Å². The van der Waals surface area contributed by atoms with Crippen molar-refractivity contribution in [2.75, 3.05) is 24.2 Å². The summed E-state index contributed by atoms with van der Waals surface area (Å²) in [5.74, 6) is -0.321. The minimum Gasteiger partial charge on any atom is -0.406 e. The van der Waals surface area contributed by atoms with E-state index in [0.29, 0.717) is 18.7 Å². The van der Waals surface area contributed by atoms with Crippen LogP contribution in [0.15, 0.2) is 30.5 Å². The number of alkyl halides is 3. The number of hydrogen-bond acceptors (Lipinski definition) is 5. The molecule has 0 saturated carbocycles. The number of anilines is 2. The molecule has 1 aromatic carbocycles. The van der Waals surface area contributed by atoms with Gasteiger partial charge in [0.05, 0.1) is 23.8 Å². The van der Waals surface area contributed by atoms with Gasteiger partial charge in [-0.15, -0.1) is 13.2 Å². The van der Waals surface area contributed by atoms with Crippen LogP contribution >= 0.6 is 0 Å². The second-order valence-electron chi connectivity index (χ2n) is 6.44. The minimum absolute atomic E-state index is 0.0197. The number of halogens is 3. The van der Waals surface area contributed by atoms with Crippen LogP contribution in [0.25, 0.3) is 0 Å². The molecule has 0 spiro atoms. The van der Waals surface area contributed by atoms with E-state index >= 15 is 0 Å². The SMILES string of the molecule is Cn1ncc2c1CC(CNS(C)(=O)=O)CN2c1ccc(OC(F)(F)F)cc1. The molecule has 2 heterocycles. The lowest BCUT2D eigenvalue weighted by molar-refractivity contribution is -0.274. The van der Waals surface area contributed by atoms with Crippen LogP contribution in [0.4, 0.5) is 24.5 Å². The van der Waals surface area contributed by atoms with E-state index in [1.807, 2.05) is 4.90 Å². The van der Waals surface area contributed by atoms with Crippen LogP contribution in [0.2, 0.25) is 0 Å². The van der Waals surface area contributed by atoms with Crippen molar-refractivity contribution in [2.45, 2.75) is 12.8 Å². The summed E-state index contributed by atoms with van der Waals surface area (Å²) in [5, 5.41) is 4.25. The number of nitrogens with one attached hydrogen (secondary N) is 1. The average Bonchev–Trinajstić information content (AvgIpc) is 2.92. The van der Waals surface area contributed by atoms with Gasteiger partial charge in [-0.1, -0.05) is 0 Å². The number of aryl methyl sites for hydroxylation is 1. The molecule has 7 nitrogen and oxygen atoms in total. The van der Waals surface area contributed by atoms with Crippen molar-refractivity contribution >= 4 is 21.4 Å². The predicted molar refractivity (Wildman–Crippen MR) is 93.4 cm³/mol. The van der Waals surface area contributed by atoms with Gasteiger partial charge in [-0.2, -0.15) is 5.10 Å². The highest BCUT2D eigenvalue weighted by atomic mass is 32.2. The maximum Gasteiger partial charge on any atom is 0.573 e. The fourth-order valence-corrected chi connectivity index (χ4v) is 3.62. The summed E-state index contributed by atoms with van der Waals surface area (Å²) in [6.45, 7) is 0.760. The Kier molecular flexibility index (Phi) is 5.08. The number of ether oxygens (including phenoxy) is 1. The predicted octanol–water partition coefficient (Wildman–Crippen LogP) is 2.18. The first kappa shape index (κ1) is 19.5. The van der Waals surface area contributed by atoms with Gasteiger partial charge in [0.2, 0.25) is 10.0 Å². The monoisotopic (exact) mass is 404 g/mol. The lowest BCUT2D eigenvalue weighted by Crippen LogP contribution is -2.39. The first-order valence-electron chi connectivity index (χ1n) is 8.11. The average molecular weight is 404 g/mol. The van der Waals surface area contributed by atoms with Crippen LogP contribution < -0.4 is 14.4 Å². The summed E-state index contributed by atoms with van der Waals surface area (Å²) in [4.78, 5) is 1.91. The van der Waals surface area contributed by atoms with Crippen LogP contribution in [0, 0.1) is 5.92 Å². The Morgan fingerprint density at radius 1 is 1.30 bits per heavy atom. The number of aromatic nitrogens is 2. The number of nitrogens with zero attached hydrogens (tertiary/aromatic N) is 3. The minimum atomic E-state index is -4.74. The van der Waals surface area contributed by atoms with Gasteiger partial charge in [0, 0.05) is 25.8 Å². The number of benzene rings is 1. The Balaban J connectivity index is 1.84. The van der Waals surface area contributed by atoms with E-state index < -0.39 is 16.4 Å². The molecule has 0 bridgehead atoms. The lowest BCUT2D eigenvalue weighted by atomic mass is 9.96. The van der Waals surface area contributed by atoms with Crippen molar-refractivity contribution in [1.29, 1.82) is 0 Å². The molecular formula is C16H19F3N4O3S. The summed E-state index contributed by atoms with van der Waals surface area (Å²) < 4.78 is 67.9. The van der Waals surface area contributed by atoms with Gasteiger partial charge in [0.1, 0.15) is 5.75 Å². The van der Waals surface area contributed by atoms with Crippen LogP contribution in [0.1, 0.15) is 5.69 Å². The molecule has 3 rings (SSSR count). The van der Waals surface area contributed by atoms with Gasteiger partial charge in [-0.25, -0.2) is 13.1 Å². The van der Waals surface area contributed by atoms with Crippen molar-refractivity contribution in [1.82, 2.24) is 14.5 Å². The van der Waals surface area contributed by atoms with E-state index in [1.165, 1.54) is 24.3 Å². The summed E-state index contributed by atoms with van der Waals surface area (Å²) >= 11 is 0. The fourth-order valence-electron chi connectivity index (χ4n) is 3.09. The molecule has 1 unspecified atom stereocenters. The molecule has 11 heteroatoms. The molecule has 0 saturated heterocycles. The molecule has 0 amide bonds. The molecule has 0 radical (unpaired) electrons. The summed E-state index contributed by atoms with van der Waals surface area (Å²) in [6.07, 6.45) is -1.32. The second-order valence-corrected chi connectivity index (χ2v) is 8.28. The van der Waals surface area contributed by atoms with E-state index in [-0.39, 0.29) is 18.2 Å². The number of sulfonamides is 1. The molecule has 1 aromatic heterocycles. The highest BCUT2D eigenvalue weighted by molar-refractivity contribution is 7.88. The Morgan fingerprint density at radius 2 is 1.96 bits per heavy atom. The van der Waals surface area contributed by atoms with Crippen molar-refractivity contribution in [3.63, 3.8) is 0 Å². The number of hydrogen-bond donors (Lipinski definition) is 1. The maximum atomic E-state index is 12.3. The molecule has 0 fully saturated rings. The van der Waals surface area contributed by atoms with Crippen LogP contribution in [-0.2, 0) is 23.5 Å². The highest BCUT2D eigenvalue weighted by Gasteiger charge is 2.32. The molecule has 1 N–H and O–H groups in total. The largest absolute Gasteiger partial charge is 0.573 e. The Labute approximate surface area is 154 Å². The standard InChI is InChI=1S/C16H19F3N4O3S/c1-22-14-7-11(8-21-27(2,24)25)10-23(15(14)9-20-22)12-3-5-13(6-4-12)26-16(17,18)19/h3-6,9,11,21H,7-8,10H2,1-2H3. The van der Waals surface area contributed by atoms with Gasteiger partial charge in [-0.05, 0) is 36.6 Å². The summed E-state index contributed by atoms with van der Waals surface area (Å²) in [7, 11) is -1.52. The third-order valence-corrected chi connectivity index (χ3v) is 4.96. The van der Waals surface area contributed by atoms with E-state index in [2.05, 4.69) is 14.6 Å². The molecule has 1 atom stereocenters. The Bertz CT molecular complexity index is 910. The van der Waals surface area contributed by atoms with E-state index in [1.54, 1.807) is 17.9 Å². The topological polar surface area (TPSA) is 76.5 Å². The van der Waals surface area contributed by atoms with Crippen molar-refractivity contribution in [2.24, 2.45) is 13.0 Å². The molecule has 2 aromatic rings. The van der Waals surface area contributed by atoms with Crippen molar-refractivity contribution in [3.05, 3.63) is 36.2 Å². The van der Waals surface area contributed by atoms with Crippen LogP contribution in [-0.4, -0.2) is 43.9 Å². The Hall–Kier alpha value is -2.27. The van der Waals surface area contributed by atoms with E-state index in [9.17, 15) is 21.6 Å². The fraction of sp³-hybridized carbons (Fsp3) is 0.438. The van der Waals surface area contributed by atoms with Gasteiger partial charge in [-0.3, -0.25) is 4.68 Å². The zero-order valence-corrected chi connectivity index (χ0v) is 15.5. The first-order chi connectivity index (χ1) is 12.5. The third kappa shape index (κ3) is 4.92. The normalized spacial score (nSPS) is 17.7. The molecule has 1 aliphatic heterocycles. The quantitative estimate of drug-likeness (QED) is 0.827. The highest BCUT2D eigenvalue weighted by Crippen LogP contribution is 2.36. The third-order valence-electron chi connectivity index (χ3n) is 4.27. The zero-order chi connectivity index (χ0) is 19.8. The molecule has 148 valence electrons. The molecule has 1 aliphatic rings. The van der Waals surface area contributed by atoms with Gasteiger partial charge in [0.25, 0.3) is 0 Å². The smallest absolute Gasteiger partial charge is 0.406 e. The second kappa shape index (κ2) is 7.04. The molecule has 27 heavy (non-hydrogen) atoms. The lowest BCUT2D eigenvalue weighted by Gasteiger charge is -2.34. The van der Waals surface area contributed by atoms with Crippen molar-refractivity contribution < 1.29 is 26.3 Å². The van der Waals surface area contributed by atoms with Gasteiger partial charge >= 0.3 is 6.36 Å². The first-order valence-corrected chi connectivity index (χ1v) is 10.00. The van der Waals surface area contributed by atoms with Crippen molar-refractivity contribution in [3.8, 4) is 5.75 Å². The van der Waals surface area contributed by atoms with Crippen LogP contribution in [0.3, 0.4) is 0 Å². The molecular weight excluding hydrogens is 385 g/mol. The summed E-state index contributed by atoms with van der Waals surface area (Å²) in [5.41, 5.74) is 2.44. The number of rotatable bonds is 5. The molecule has 0 aliphatic carbocycles. The van der Waals surface area contributed by atoms with E-state index in [0.717, 1.165) is 17.6 Å². The summed E-state index contributed by atoms with van der Waals surface area (Å²) in [6, 6.07) is 5.56. The van der Waals surface area contributed by atoms with Gasteiger partial charge < -0.3 is 9.64 Å². The number of fused-ring (bicyclic) bond motifs is 1. The zero-order valence-electron chi connectivity index (χ0n) is 14.7. The van der Waals surface area contributed by atoms with E-state index in [4.69, 9.17) is 0 Å². The Morgan fingerprint density at radius 3 is 2.56 bits per heavy atom. The van der Waals surface area contributed by atoms with Crippen LogP contribution in [0.5, 0.6) is 5.75 Å².